The van der Waals surface area contributed by atoms with Gasteiger partial charge in [-0.3, -0.25) is 14.0 Å². The number of nitriles is 1. The fraction of sp³-hybridized carbons (Fsp3) is 0.323. The number of amides is 2. The number of nitrogens with zero attached hydrogens (tertiary/aromatic N) is 4. The number of fused-ring (bicyclic) bond motifs is 1. The molecule has 234 valence electrons. The van der Waals surface area contributed by atoms with Crippen molar-refractivity contribution in [1.82, 2.24) is 30.3 Å². The molecule has 0 saturated carbocycles. The number of imidazole rings is 1. The Kier molecular flexibility index (Phi) is 9.21. The van der Waals surface area contributed by atoms with E-state index in [2.05, 4.69) is 31.2 Å². The van der Waals surface area contributed by atoms with Gasteiger partial charge in [-0.15, -0.1) is 0 Å². The third-order valence-corrected chi connectivity index (χ3v) is 7.40. The second-order valence-corrected chi connectivity index (χ2v) is 11.0. The number of nitrogens with one attached hydrogen (secondary N) is 4. The molecule has 2 atom stereocenters. The number of aryl methyl sites for hydroxylation is 1. The van der Waals surface area contributed by atoms with Gasteiger partial charge in [-0.2, -0.15) is 9.65 Å². The average Bonchev–Trinajstić information content (AvgIpc) is 3.61. The number of aliphatic hydroxyl groups is 1. The lowest BCUT2D eigenvalue weighted by Gasteiger charge is -2.14. The highest BCUT2D eigenvalue weighted by Gasteiger charge is 2.36. The minimum Gasteiger partial charge on any atom is -0.476 e. The van der Waals surface area contributed by atoms with Crippen LogP contribution in [0.3, 0.4) is 0 Å². The number of hydrogen-bond acceptors (Lipinski definition) is 9. The maximum Gasteiger partial charge on any atom is 0.251 e. The highest BCUT2D eigenvalue weighted by molar-refractivity contribution is 5.96. The van der Waals surface area contributed by atoms with Gasteiger partial charge in [0.05, 0.1) is 23.5 Å². The van der Waals surface area contributed by atoms with Crippen molar-refractivity contribution >= 4 is 29.0 Å². The minimum atomic E-state index is -1.20. The van der Waals surface area contributed by atoms with Crippen molar-refractivity contribution in [3.05, 3.63) is 71.7 Å². The van der Waals surface area contributed by atoms with Crippen LogP contribution in [0, 0.1) is 29.9 Å². The molecule has 45 heavy (non-hydrogen) atoms. The van der Waals surface area contributed by atoms with Crippen LogP contribution in [-0.4, -0.2) is 69.2 Å². The largest absolute Gasteiger partial charge is 0.476 e. The Morgan fingerprint density at radius 1 is 1.20 bits per heavy atom. The monoisotopic (exact) mass is 618 g/mol. The quantitative estimate of drug-likeness (QED) is 0.159. The summed E-state index contributed by atoms with van der Waals surface area (Å²) in [6, 6.07) is 9.07. The average molecular weight is 619 g/mol. The molecular weight excluding hydrogens is 586 g/mol. The predicted octanol–water partition coefficient (Wildman–Crippen LogP) is 2.98. The first kappa shape index (κ1) is 31.3. The molecule has 0 spiro atoms. The SMILES string of the molecule is Cc1cc(Nc2nccn3c(-c4ccc(OCC#N)c(F)c4F)cnc23)ccc1C(=O)NCCCNC(=O)[C@@H]1C[C@](C)(O)CN1. The van der Waals surface area contributed by atoms with Crippen LogP contribution in [-0.2, 0) is 4.79 Å². The van der Waals surface area contributed by atoms with Crippen molar-refractivity contribution < 1.29 is 28.2 Å². The molecule has 0 aliphatic carbocycles. The summed E-state index contributed by atoms with van der Waals surface area (Å²) in [7, 11) is 0. The molecule has 2 aromatic heterocycles. The number of hydrogen-bond donors (Lipinski definition) is 5. The lowest BCUT2D eigenvalue weighted by molar-refractivity contribution is -0.123. The third-order valence-electron chi connectivity index (χ3n) is 7.40. The number of halogens is 2. The number of rotatable bonds is 11. The van der Waals surface area contributed by atoms with Crippen molar-refractivity contribution in [2.45, 2.75) is 38.3 Å². The Labute approximate surface area is 257 Å². The molecule has 2 aromatic carbocycles. The number of aromatic nitrogens is 3. The normalized spacial score (nSPS) is 17.6. The summed E-state index contributed by atoms with van der Waals surface area (Å²) in [5, 5.41) is 30.5. The molecule has 4 aromatic rings. The fourth-order valence-electron chi connectivity index (χ4n) is 5.12. The summed E-state index contributed by atoms with van der Waals surface area (Å²) in [4.78, 5) is 33.7. The Morgan fingerprint density at radius 2 is 2.00 bits per heavy atom. The molecule has 0 bridgehead atoms. The molecule has 1 aliphatic rings. The summed E-state index contributed by atoms with van der Waals surface area (Å²) in [6.07, 6.45) is 5.35. The van der Waals surface area contributed by atoms with E-state index in [0.717, 1.165) is 0 Å². The summed E-state index contributed by atoms with van der Waals surface area (Å²) in [6.45, 7) is 4.19. The van der Waals surface area contributed by atoms with E-state index in [1.807, 2.05) is 0 Å². The minimum absolute atomic E-state index is 0.0462. The standard InChI is InChI=1S/C31H32F2N8O4/c1-18-14-19(4-5-20(18)29(42)36-9-3-10-37-30(43)22-15-31(2,44)17-39-22)40-27-28-38-16-23(41(28)12-11-35-27)21-6-7-24(45-13-8-34)26(33)25(21)32/h4-7,11-12,14,16,22,39,44H,3,9-10,13,15,17H2,1-2H3,(H,35,40)(H,36,42)(H,37,43)/t22-,31-/m0/s1. The van der Waals surface area contributed by atoms with E-state index in [1.165, 1.54) is 24.5 Å². The number of carbonyl (C=O) groups is 2. The first-order valence-corrected chi connectivity index (χ1v) is 14.3. The molecule has 1 fully saturated rings. The maximum absolute atomic E-state index is 14.9. The lowest BCUT2D eigenvalue weighted by Crippen LogP contribution is -2.41. The van der Waals surface area contributed by atoms with Crippen molar-refractivity contribution in [2.24, 2.45) is 0 Å². The molecule has 1 aliphatic heterocycles. The van der Waals surface area contributed by atoms with E-state index in [1.54, 1.807) is 48.7 Å². The first-order chi connectivity index (χ1) is 21.6. The highest BCUT2D eigenvalue weighted by atomic mass is 19.2. The molecular formula is C31H32F2N8O4. The first-order valence-electron chi connectivity index (χ1n) is 14.3. The van der Waals surface area contributed by atoms with Crippen LogP contribution >= 0.6 is 0 Å². The van der Waals surface area contributed by atoms with E-state index >= 15 is 0 Å². The molecule has 2 amide bonds. The summed E-state index contributed by atoms with van der Waals surface area (Å²) in [5.74, 6) is -2.77. The molecule has 0 radical (unpaired) electrons. The second kappa shape index (κ2) is 13.2. The van der Waals surface area contributed by atoms with Gasteiger partial charge < -0.3 is 31.1 Å². The molecule has 5 N–H and O–H groups in total. The van der Waals surface area contributed by atoms with Gasteiger partial charge in [0.2, 0.25) is 11.7 Å². The maximum atomic E-state index is 14.9. The van der Waals surface area contributed by atoms with E-state index in [4.69, 9.17) is 10.00 Å². The van der Waals surface area contributed by atoms with Crippen molar-refractivity contribution in [2.75, 3.05) is 31.6 Å². The van der Waals surface area contributed by atoms with Gasteiger partial charge in [-0.25, -0.2) is 14.4 Å². The van der Waals surface area contributed by atoms with Crippen molar-refractivity contribution in [3.63, 3.8) is 0 Å². The number of β-amino-alcohol motifs (C(OH)–C–C–N with tert-alkyl or cyclic N) is 1. The number of carbonyl (C=O) groups excluding carboxylic acids is 2. The van der Waals surface area contributed by atoms with Crippen LogP contribution in [0.25, 0.3) is 16.9 Å². The molecule has 1 saturated heterocycles. The number of ether oxygens (including phenoxy) is 1. The van der Waals surface area contributed by atoms with Crippen LogP contribution in [0.15, 0.2) is 48.9 Å². The molecule has 3 heterocycles. The van der Waals surface area contributed by atoms with Crippen LogP contribution < -0.4 is 26.0 Å². The Bertz CT molecular complexity index is 1790. The van der Waals surface area contributed by atoms with E-state index in [9.17, 15) is 23.5 Å². The van der Waals surface area contributed by atoms with Crippen molar-refractivity contribution in [3.8, 4) is 23.1 Å². The molecule has 14 heteroatoms. The van der Waals surface area contributed by atoms with Gasteiger partial charge in [0.25, 0.3) is 5.91 Å². The van der Waals surface area contributed by atoms with Gasteiger partial charge in [-0.05, 0) is 56.2 Å². The smallest absolute Gasteiger partial charge is 0.251 e. The van der Waals surface area contributed by atoms with Crippen LogP contribution in [0.4, 0.5) is 20.3 Å². The van der Waals surface area contributed by atoms with Gasteiger partial charge >= 0.3 is 0 Å². The van der Waals surface area contributed by atoms with Gasteiger partial charge in [0.1, 0.15) is 6.07 Å². The molecule has 0 unspecified atom stereocenters. The fourth-order valence-corrected chi connectivity index (χ4v) is 5.12. The summed E-state index contributed by atoms with van der Waals surface area (Å²) >= 11 is 0. The van der Waals surface area contributed by atoms with E-state index < -0.39 is 29.9 Å². The van der Waals surface area contributed by atoms with Gasteiger partial charge in [0, 0.05) is 55.3 Å². The molecule has 12 nitrogen and oxygen atoms in total. The Hall–Kier alpha value is -5.13. The predicted molar refractivity (Wildman–Crippen MR) is 161 cm³/mol. The zero-order chi connectivity index (χ0) is 32.1. The Balaban J connectivity index is 1.20. The van der Waals surface area contributed by atoms with E-state index in [0.29, 0.717) is 60.8 Å². The number of benzene rings is 2. The van der Waals surface area contributed by atoms with E-state index in [-0.39, 0.29) is 28.8 Å². The van der Waals surface area contributed by atoms with Crippen molar-refractivity contribution in [1.29, 1.82) is 5.26 Å². The van der Waals surface area contributed by atoms with Gasteiger partial charge in [0.15, 0.2) is 29.6 Å². The second-order valence-electron chi connectivity index (χ2n) is 11.0. The summed E-state index contributed by atoms with van der Waals surface area (Å²) < 4.78 is 36.0. The van der Waals surface area contributed by atoms with Crippen LogP contribution in [0.2, 0.25) is 0 Å². The zero-order valence-corrected chi connectivity index (χ0v) is 24.7. The Morgan fingerprint density at radius 3 is 2.73 bits per heavy atom. The van der Waals surface area contributed by atoms with Crippen LogP contribution in [0.1, 0.15) is 35.7 Å². The number of anilines is 2. The van der Waals surface area contributed by atoms with Crippen LogP contribution in [0.5, 0.6) is 5.75 Å². The molecule has 5 rings (SSSR count). The zero-order valence-electron chi connectivity index (χ0n) is 24.7. The van der Waals surface area contributed by atoms with Gasteiger partial charge in [-0.1, -0.05) is 0 Å². The lowest BCUT2D eigenvalue weighted by atomic mass is 10.0. The topological polar surface area (TPSA) is 166 Å². The summed E-state index contributed by atoms with van der Waals surface area (Å²) in [5.41, 5.74) is 1.52. The third kappa shape index (κ3) is 7.00. The highest BCUT2D eigenvalue weighted by Crippen LogP contribution is 2.32.